The van der Waals surface area contributed by atoms with E-state index in [-0.39, 0.29) is 12.5 Å². The Bertz CT molecular complexity index is 423. The number of hydrogen-bond acceptors (Lipinski definition) is 4. The van der Waals surface area contributed by atoms with Crippen LogP contribution in [0.25, 0.3) is 0 Å². The molecule has 1 aromatic carbocycles. The van der Waals surface area contributed by atoms with Gasteiger partial charge < -0.3 is 15.7 Å². The molecule has 2 rings (SSSR count). The first kappa shape index (κ1) is 13.4. The molecule has 0 fully saturated rings. The molecule has 0 atom stereocenters. The van der Waals surface area contributed by atoms with Crippen LogP contribution in [-0.2, 0) is 11.2 Å². The van der Waals surface area contributed by atoms with E-state index in [1.807, 2.05) is 6.07 Å². The number of aliphatic hydroxyl groups is 1. The highest BCUT2D eigenvalue weighted by Gasteiger charge is 2.14. The Balaban J connectivity index is 1.86. The number of carbonyl (C=O) groups excluding carboxylic acids is 1. The molecule has 0 radical (unpaired) electrons. The number of hydrogen-bond donors (Lipinski definition) is 3. The number of anilines is 1. The predicted octanol–water partition coefficient (Wildman–Crippen LogP) is 1.25. The van der Waals surface area contributed by atoms with Crippen molar-refractivity contribution < 1.29 is 9.90 Å². The average molecular weight is 266 g/mol. The second-order valence-corrected chi connectivity index (χ2v) is 5.26. The first-order chi connectivity index (χ1) is 8.79. The van der Waals surface area contributed by atoms with Crippen LogP contribution in [0.5, 0.6) is 0 Å². The summed E-state index contributed by atoms with van der Waals surface area (Å²) in [7, 11) is 0. The Morgan fingerprint density at radius 2 is 2.28 bits per heavy atom. The first-order valence-electron chi connectivity index (χ1n) is 6.17. The molecule has 18 heavy (non-hydrogen) atoms. The van der Waals surface area contributed by atoms with Crippen LogP contribution in [0, 0.1) is 0 Å². The van der Waals surface area contributed by atoms with Crippen molar-refractivity contribution in [2.24, 2.45) is 0 Å². The Kier molecular flexibility index (Phi) is 5.04. The summed E-state index contributed by atoms with van der Waals surface area (Å²) in [6, 6.07) is 6.23. The molecular weight excluding hydrogens is 248 g/mol. The van der Waals surface area contributed by atoms with Crippen molar-refractivity contribution in [1.82, 2.24) is 5.32 Å². The molecule has 0 unspecified atom stereocenters. The lowest BCUT2D eigenvalue weighted by atomic mass is 10.1. The predicted molar refractivity (Wildman–Crippen MR) is 74.1 cm³/mol. The second-order valence-electron chi connectivity index (χ2n) is 4.24. The quantitative estimate of drug-likeness (QED) is 0.678. The van der Waals surface area contributed by atoms with Gasteiger partial charge in [-0.2, -0.15) is 0 Å². The van der Waals surface area contributed by atoms with Crippen LogP contribution in [0.3, 0.4) is 0 Å². The van der Waals surface area contributed by atoms with E-state index >= 15 is 0 Å². The topological polar surface area (TPSA) is 61.4 Å². The minimum atomic E-state index is 0.0747. The Morgan fingerprint density at radius 1 is 1.39 bits per heavy atom. The van der Waals surface area contributed by atoms with E-state index in [4.69, 9.17) is 5.11 Å². The van der Waals surface area contributed by atoms with Gasteiger partial charge in [0.15, 0.2) is 0 Å². The van der Waals surface area contributed by atoms with Crippen LogP contribution in [0.4, 0.5) is 5.69 Å². The van der Waals surface area contributed by atoms with Gasteiger partial charge in [-0.1, -0.05) is 6.07 Å². The summed E-state index contributed by atoms with van der Waals surface area (Å²) in [6.45, 7) is 1.96. The maximum atomic E-state index is 11.3. The van der Waals surface area contributed by atoms with Gasteiger partial charge in [-0.3, -0.25) is 4.79 Å². The minimum Gasteiger partial charge on any atom is -0.396 e. The fourth-order valence-corrected chi connectivity index (χ4v) is 2.64. The molecule has 1 aliphatic rings. The van der Waals surface area contributed by atoms with Gasteiger partial charge in [0.05, 0.1) is 11.4 Å². The molecule has 0 aromatic heterocycles. The largest absolute Gasteiger partial charge is 0.396 e. The standard InChI is InChI=1S/C13H18N2O2S/c16-7-1-5-14-6-4-10-2-3-12-11(8-10)15-13(17)9-18-12/h2-3,8,14,16H,1,4-7,9H2,(H,15,17). The third-order valence-electron chi connectivity index (χ3n) is 2.78. The Morgan fingerprint density at radius 3 is 3.11 bits per heavy atom. The summed E-state index contributed by atoms with van der Waals surface area (Å²) < 4.78 is 0. The van der Waals surface area contributed by atoms with Gasteiger partial charge in [0, 0.05) is 11.5 Å². The van der Waals surface area contributed by atoms with Crippen LogP contribution >= 0.6 is 11.8 Å². The van der Waals surface area contributed by atoms with Crippen molar-refractivity contribution >= 4 is 23.4 Å². The van der Waals surface area contributed by atoms with Crippen molar-refractivity contribution in [3.8, 4) is 0 Å². The molecule has 1 amide bonds. The van der Waals surface area contributed by atoms with Gasteiger partial charge in [-0.15, -0.1) is 11.8 Å². The maximum Gasteiger partial charge on any atom is 0.234 e. The second kappa shape index (κ2) is 6.78. The van der Waals surface area contributed by atoms with Gasteiger partial charge in [-0.05, 0) is 43.6 Å². The summed E-state index contributed by atoms with van der Waals surface area (Å²) in [6.07, 6.45) is 1.72. The number of amides is 1. The average Bonchev–Trinajstić information content (AvgIpc) is 2.38. The molecule has 4 nitrogen and oxygen atoms in total. The zero-order chi connectivity index (χ0) is 12.8. The van der Waals surface area contributed by atoms with Gasteiger partial charge in [0.2, 0.25) is 5.91 Å². The van der Waals surface area contributed by atoms with Gasteiger partial charge in [0.1, 0.15) is 0 Å². The van der Waals surface area contributed by atoms with Crippen molar-refractivity contribution in [3.05, 3.63) is 23.8 Å². The molecule has 1 aliphatic heterocycles. The van der Waals surface area contributed by atoms with Crippen LogP contribution in [0.1, 0.15) is 12.0 Å². The molecule has 0 bridgehead atoms. The SMILES string of the molecule is O=C1CSc2ccc(CCNCCCO)cc2N1. The maximum absolute atomic E-state index is 11.3. The first-order valence-corrected chi connectivity index (χ1v) is 7.15. The van der Waals surface area contributed by atoms with Crippen molar-refractivity contribution in [1.29, 1.82) is 0 Å². The van der Waals surface area contributed by atoms with E-state index in [0.29, 0.717) is 5.75 Å². The summed E-state index contributed by atoms with van der Waals surface area (Å²) >= 11 is 1.59. The number of fused-ring (bicyclic) bond motifs is 1. The molecule has 0 spiro atoms. The molecule has 1 heterocycles. The number of carbonyl (C=O) groups is 1. The zero-order valence-electron chi connectivity index (χ0n) is 10.2. The van der Waals surface area contributed by atoms with Gasteiger partial charge >= 0.3 is 0 Å². The lowest BCUT2D eigenvalue weighted by molar-refractivity contribution is -0.113. The summed E-state index contributed by atoms with van der Waals surface area (Å²) in [5.41, 5.74) is 2.15. The van der Waals surface area contributed by atoms with Crippen LogP contribution < -0.4 is 10.6 Å². The molecule has 0 aliphatic carbocycles. The van der Waals surface area contributed by atoms with Gasteiger partial charge in [-0.25, -0.2) is 0 Å². The summed E-state index contributed by atoms with van der Waals surface area (Å²) in [5.74, 6) is 0.584. The smallest absolute Gasteiger partial charge is 0.234 e. The monoisotopic (exact) mass is 266 g/mol. The zero-order valence-corrected chi connectivity index (χ0v) is 11.1. The molecule has 0 saturated heterocycles. The van der Waals surface area contributed by atoms with Crippen LogP contribution in [0.2, 0.25) is 0 Å². The third kappa shape index (κ3) is 3.73. The molecule has 5 heteroatoms. The minimum absolute atomic E-state index is 0.0747. The number of thioether (sulfide) groups is 1. The highest BCUT2D eigenvalue weighted by Crippen LogP contribution is 2.31. The van der Waals surface area contributed by atoms with Gasteiger partial charge in [0.25, 0.3) is 0 Å². The van der Waals surface area contributed by atoms with Crippen molar-refractivity contribution in [2.75, 3.05) is 30.8 Å². The molecule has 3 N–H and O–H groups in total. The highest BCUT2D eigenvalue weighted by atomic mass is 32.2. The molecule has 98 valence electrons. The summed E-state index contributed by atoms with van der Waals surface area (Å²) in [5, 5.41) is 14.8. The number of aliphatic hydroxyl groups excluding tert-OH is 1. The van der Waals surface area contributed by atoms with E-state index in [0.717, 1.165) is 36.5 Å². The number of benzene rings is 1. The van der Waals surface area contributed by atoms with Crippen molar-refractivity contribution in [3.63, 3.8) is 0 Å². The highest BCUT2D eigenvalue weighted by molar-refractivity contribution is 8.00. The fourth-order valence-electron chi connectivity index (χ4n) is 1.85. The third-order valence-corrected chi connectivity index (χ3v) is 3.85. The lowest BCUT2D eigenvalue weighted by Gasteiger charge is -2.17. The van der Waals surface area contributed by atoms with Crippen LogP contribution in [0.15, 0.2) is 23.1 Å². The lowest BCUT2D eigenvalue weighted by Crippen LogP contribution is -2.20. The Hall–Kier alpha value is -1.04. The van der Waals surface area contributed by atoms with E-state index in [9.17, 15) is 4.79 Å². The Labute approximate surface area is 111 Å². The van der Waals surface area contributed by atoms with E-state index in [2.05, 4.69) is 22.8 Å². The number of nitrogens with one attached hydrogen (secondary N) is 2. The van der Waals surface area contributed by atoms with E-state index in [1.54, 1.807) is 11.8 Å². The molecular formula is C13H18N2O2S. The van der Waals surface area contributed by atoms with E-state index < -0.39 is 0 Å². The molecule has 1 aromatic rings. The van der Waals surface area contributed by atoms with Crippen molar-refractivity contribution in [2.45, 2.75) is 17.7 Å². The summed E-state index contributed by atoms with van der Waals surface area (Å²) in [4.78, 5) is 12.4. The molecule has 0 saturated carbocycles. The van der Waals surface area contributed by atoms with E-state index in [1.165, 1.54) is 5.56 Å². The fraction of sp³-hybridized carbons (Fsp3) is 0.462. The van der Waals surface area contributed by atoms with Crippen LogP contribution in [-0.4, -0.2) is 36.5 Å². The number of rotatable bonds is 6. The normalized spacial score (nSPS) is 14.2.